The first-order chi connectivity index (χ1) is 12.6. The lowest BCUT2D eigenvalue weighted by molar-refractivity contribution is -0.116. The minimum absolute atomic E-state index is 0. The van der Waals surface area contributed by atoms with Gasteiger partial charge in [-0.15, -0.1) is 12.4 Å². The van der Waals surface area contributed by atoms with Gasteiger partial charge < -0.3 is 5.32 Å². The molecule has 2 N–H and O–H groups in total. The first-order valence-corrected chi connectivity index (χ1v) is 9.46. The normalized spacial score (nSPS) is 10.3. The maximum Gasteiger partial charge on any atom is 0.257 e. The fourth-order valence-electron chi connectivity index (χ4n) is 2.64. The first kappa shape index (κ1) is 20.9. The van der Waals surface area contributed by atoms with Crippen molar-refractivity contribution in [1.29, 1.82) is 0 Å². The zero-order chi connectivity index (χ0) is 18.5. The van der Waals surface area contributed by atoms with Crippen LogP contribution in [0.2, 0.25) is 0 Å². The second-order valence-corrected chi connectivity index (χ2v) is 7.16. The fourth-order valence-corrected chi connectivity index (χ4v) is 3.62. The van der Waals surface area contributed by atoms with Gasteiger partial charge in [0.1, 0.15) is 0 Å². The van der Waals surface area contributed by atoms with Gasteiger partial charge in [0, 0.05) is 17.7 Å². The molecule has 0 aliphatic rings. The van der Waals surface area contributed by atoms with Gasteiger partial charge in [-0.05, 0) is 43.2 Å². The zero-order valence-corrected chi connectivity index (χ0v) is 16.9. The SMILES string of the molecule is CCCCC(=O)Nc1cc(C)c2nc(NC(=O)c3ccccc3)sc2c1.Cl. The molecule has 7 heteroatoms. The average Bonchev–Trinajstić information content (AvgIpc) is 3.03. The highest BCUT2D eigenvalue weighted by Crippen LogP contribution is 2.31. The predicted molar refractivity (Wildman–Crippen MR) is 114 cm³/mol. The molecule has 0 saturated heterocycles. The van der Waals surface area contributed by atoms with Crippen LogP contribution in [0, 0.1) is 6.92 Å². The van der Waals surface area contributed by atoms with Gasteiger partial charge in [0.2, 0.25) is 5.91 Å². The van der Waals surface area contributed by atoms with E-state index in [0.29, 0.717) is 17.1 Å². The Morgan fingerprint density at radius 2 is 1.85 bits per heavy atom. The smallest absolute Gasteiger partial charge is 0.257 e. The number of hydrogen-bond acceptors (Lipinski definition) is 4. The van der Waals surface area contributed by atoms with E-state index in [1.54, 1.807) is 12.1 Å². The van der Waals surface area contributed by atoms with Crippen LogP contribution in [0.15, 0.2) is 42.5 Å². The van der Waals surface area contributed by atoms with E-state index in [-0.39, 0.29) is 24.2 Å². The molecule has 27 heavy (non-hydrogen) atoms. The highest BCUT2D eigenvalue weighted by Gasteiger charge is 2.12. The summed E-state index contributed by atoms with van der Waals surface area (Å²) in [5.41, 5.74) is 3.16. The number of thiazole rings is 1. The van der Waals surface area contributed by atoms with Gasteiger partial charge in [0.25, 0.3) is 5.91 Å². The van der Waals surface area contributed by atoms with Crippen LogP contribution in [0.3, 0.4) is 0 Å². The molecule has 5 nitrogen and oxygen atoms in total. The lowest BCUT2D eigenvalue weighted by Gasteiger charge is -2.06. The van der Waals surface area contributed by atoms with E-state index in [1.165, 1.54) is 11.3 Å². The van der Waals surface area contributed by atoms with E-state index >= 15 is 0 Å². The van der Waals surface area contributed by atoms with Gasteiger partial charge in [-0.25, -0.2) is 4.98 Å². The number of anilines is 2. The first-order valence-electron chi connectivity index (χ1n) is 8.64. The molecule has 3 aromatic rings. The highest BCUT2D eigenvalue weighted by molar-refractivity contribution is 7.22. The number of nitrogens with one attached hydrogen (secondary N) is 2. The summed E-state index contributed by atoms with van der Waals surface area (Å²) in [5.74, 6) is -0.164. The van der Waals surface area contributed by atoms with Crippen molar-refractivity contribution in [3.05, 3.63) is 53.6 Å². The maximum absolute atomic E-state index is 12.3. The molecule has 3 rings (SSSR count). The summed E-state index contributed by atoms with van der Waals surface area (Å²) in [4.78, 5) is 28.8. The minimum Gasteiger partial charge on any atom is -0.326 e. The molecule has 1 aromatic heterocycles. The van der Waals surface area contributed by atoms with E-state index in [1.807, 2.05) is 37.3 Å². The standard InChI is InChI=1S/C20H21N3O2S.ClH/c1-3-4-10-17(24)21-15-11-13(2)18-16(12-15)26-20(22-18)23-19(25)14-8-6-5-7-9-14;/h5-9,11-12H,3-4,10H2,1-2H3,(H,21,24)(H,22,23,25);1H. The summed E-state index contributed by atoms with van der Waals surface area (Å²) in [7, 11) is 0. The number of halogens is 1. The molecule has 0 fully saturated rings. The van der Waals surface area contributed by atoms with Crippen LogP contribution >= 0.6 is 23.7 Å². The third-order valence-electron chi connectivity index (χ3n) is 3.98. The number of benzene rings is 2. The zero-order valence-electron chi connectivity index (χ0n) is 15.2. The Morgan fingerprint density at radius 1 is 1.11 bits per heavy atom. The van der Waals surface area contributed by atoms with Crippen molar-refractivity contribution in [2.45, 2.75) is 33.1 Å². The van der Waals surface area contributed by atoms with Crippen LogP contribution < -0.4 is 10.6 Å². The van der Waals surface area contributed by atoms with E-state index in [2.05, 4.69) is 22.5 Å². The van der Waals surface area contributed by atoms with Crippen molar-refractivity contribution >= 4 is 56.6 Å². The largest absolute Gasteiger partial charge is 0.326 e. The van der Waals surface area contributed by atoms with Crippen molar-refractivity contribution in [3.63, 3.8) is 0 Å². The van der Waals surface area contributed by atoms with E-state index in [0.717, 1.165) is 34.3 Å². The number of fused-ring (bicyclic) bond motifs is 1. The molecule has 0 aliphatic heterocycles. The number of carbonyl (C=O) groups excluding carboxylic acids is 2. The minimum atomic E-state index is -0.185. The Hall–Kier alpha value is -2.44. The number of rotatable bonds is 6. The molecular weight excluding hydrogens is 382 g/mol. The molecule has 0 unspecified atom stereocenters. The third kappa shape index (κ3) is 5.28. The van der Waals surface area contributed by atoms with Gasteiger partial charge in [0.15, 0.2) is 5.13 Å². The van der Waals surface area contributed by atoms with Crippen LogP contribution in [0.5, 0.6) is 0 Å². The van der Waals surface area contributed by atoms with Crippen molar-refractivity contribution in [3.8, 4) is 0 Å². The fraction of sp³-hybridized carbons (Fsp3) is 0.250. The molecule has 0 atom stereocenters. The van der Waals surface area contributed by atoms with Crippen molar-refractivity contribution in [2.75, 3.05) is 10.6 Å². The molecule has 1 heterocycles. The number of hydrogen-bond donors (Lipinski definition) is 2. The molecule has 0 spiro atoms. The van der Waals surface area contributed by atoms with Crippen molar-refractivity contribution < 1.29 is 9.59 Å². The monoisotopic (exact) mass is 403 g/mol. The third-order valence-corrected chi connectivity index (χ3v) is 4.90. The van der Waals surface area contributed by atoms with Gasteiger partial charge in [-0.3, -0.25) is 14.9 Å². The molecule has 0 bridgehead atoms. The molecule has 0 radical (unpaired) electrons. The molecule has 0 aliphatic carbocycles. The molecular formula is C20H22ClN3O2S. The predicted octanol–water partition coefficient (Wildman–Crippen LogP) is 5.41. The summed E-state index contributed by atoms with van der Waals surface area (Å²) in [6, 6.07) is 12.9. The van der Waals surface area contributed by atoms with Gasteiger partial charge in [0.05, 0.1) is 10.2 Å². The number of aromatic nitrogens is 1. The summed E-state index contributed by atoms with van der Waals surface area (Å²) < 4.78 is 0.930. The van der Waals surface area contributed by atoms with Crippen LogP contribution in [-0.4, -0.2) is 16.8 Å². The Balaban J connectivity index is 0.00000261. The molecule has 0 saturated carbocycles. The van der Waals surface area contributed by atoms with E-state index in [4.69, 9.17) is 0 Å². The van der Waals surface area contributed by atoms with Crippen LogP contribution in [0.4, 0.5) is 10.8 Å². The number of nitrogens with zero attached hydrogens (tertiary/aromatic N) is 1. The van der Waals surface area contributed by atoms with Crippen LogP contribution in [0.25, 0.3) is 10.2 Å². The number of aryl methyl sites for hydroxylation is 1. The Kier molecular flexibility index (Phi) is 7.33. The number of unbranched alkanes of at least 4 members (excludes halogenated alkanes) is 1. The Bertz CT molecular complexity index is 941. The topological polar surface area (TPSA) is 71.1 Å². The van der Waals surface area contributed by atoms with Crippen LogP contribution in [-0.2, 0) is 4.79 Å². The number of amides is 2. The number of carbonyl (C=O) groups is 2. The lowest BCUT2D eigenvalue weighted by atomic mass is 10.2. The summed E-state index contributed by atoms with van der Waals surface area (Å²) >= 11 is 1.40. The quantitative estimate of drug-likeness (QED) is 0.578. The average molecular weight is 404 g/mol. The lowest BCUT2D eigenvalue weighted by Crippen LogP contribution is -2.11. The summed E-state index contributed by atoms with van der Waals surface area (Å²) in [6.07, 6.45) is 2.39. The van der Waals surface area contributed by atoms with E-state index in [9.17, 15) is 9.59 Å². The summed E-state index contributed by atoms with van der Waals surface area (Å²) in [6.45, 7) is 4.01. The molecule has 2 amide bonds. The maximum atomic E-state index is 12.3. The van der Waals surface area contributed by atoms with Crippen LogP contribution in [0.1, 0.15) is 42.1 Å². The Morgan fingerprint density at radius 3 is 2.56 bits per heavy atom. The highest BCUT2D eigenvalue weighted by atomic mass is 35.5. The van der Waals surface area contributed by atoms with Crippen molar-refractivity contribution in [2.24, 2.45) is 0 Å². The van der Waals surface area contributed by atoms with Gasteiger partial charge in [-0.2, -0.15) is 0 Å². The second kappa shape index (κ2) is 9.48. The molecule has 2 aromatic carbocycles. The van der Waals surface area contributed by atoms with Gasteiger partial charge >= 0.3 is 0 Å². The van der Waals surface area contributed by atoms with Crippen molar-refractivity contribution in [1.82, 2.24) is 4.98 Å². The molecule has 142 valence electrons. The summed E-state index contributed by atoms with van der Waals surface area (Å²) in [5, 5.41) is 6.33. The van der Waals surface area contributed by atoms with E-state index < -0.39 is 0 Å². The Labute approximate surface area is 168 Å². The second-order valence-electron chi connectivity index (χ2n) is 6.13. The van der Waals surface area contributed by atoms with Gasteiger partial charge in [-0.1, -0.05) is 42.9 Å².